The number of para-hydroxylation sites is 1. The molecule has 1 aliphatic heterocycles. The van der Waals surface area contributed by atoms with Crippen LogP contribution in [0, 0.1) is 0 Å². The Bertz CT molecular complexity index is 1270. The van der Waals surface area contributed by atoms with Crippen molar-refractivity contribution in [2.45, 2.75) is 23.8 Å². The first-order valence-corrected chi connectivity index (χ1v) is 11.8. The van der Waals surface area contributed by atoms with Crippen molar-refractivity contribution < 1.29 is 8.42 Å². The molecule has 0 N–H and O–H groups in total. The Morgan fingerprint density at radius 2 is 1.96 bits per heavy atom. The zero-order chi connectivity index (χ0) is 19.3. The Kier molecular flexibility index (Phi) is 4.06. The average molecular weight is 411 g/mol. The van der Waals surface area contributed by atoms with Gasteiger partial charge in [-0.25, -0.2) is 23.4 Å². The number of anilines is 1. The van der Waals surface area contributed by atoms with Crippen molar-refractivity contribution in [3.05, 3.63) is 53.8 Å². The monoisotopic (exact) mass is 410 g/mol. The molecule has 0 amide bonds. The van der Waals surface area contributed by atoms with Crippen LogP contribution in [0.3, 0.4) is 0 Å². The maximum absolute atomic E-state index is 12.0. The summed E-state index contributed by atoms with van der Waals surface area (Å²) in [6.07, 6.45) is 4.80. The predicted molar refractivity (Wildman–Crippen MR) is 112 cm³/mol. The quantitative estimate of drug-likeness (QED) is 0.508. The molecule has 1 aliphatic rings. The molecule has 1 atom stereocenters. The molecule has 0 spiro atoms. The van der Waals surface area contributed by atoms with E-state index in [4.69, 9.17) is 4.98 Å². The van der Waals surface area contributed by atoms with E-state index in [1.54, 1.807) is 35.9 Å². The number of rotatable bonds is 3. The van der Waals surface area contributed by atoms with Crippen molar-refractivity contribution in [2.24, 2.45) is 0 Å². The van der Waals surface area contributed by atoms with Crippen LogP contribution in [-0.4, -0.2) is 36.2 Å². The number of sulfone groups is 1. The molecule has 1 unspecified atom stereocenters. The number of aromatic nitrogens is 3. The van der Waals surface area contributed by atoms with E-state index in [0.29, 0.717) is 0 Å². The van der Waals surface area contributed by atoms with Gasteiger partial charge in [-0.05, 0) is 43.2 Å². The molecule has 0 aliphatic carbocycles. The van der Waals surface area contributed by atoms with Gasteiger partial charge in [-0.2, -0.15) is 0 Å². The number of benzene rings is 2. The van der Waals surface area contributed by atoms with Gasteiger partial charge in [0.15, 0.2) is 9.84 Å². The maximum Gasteiger partial charge on any atom is 0.175 e. The molecule has 2 aromatic heterocycles. The molecule has 142 valence electrons. The van der Waals surface area contributed by atoms with E-state index in [1.807, 2.05) is 18.2 Å². The minimum absolute atomic E-state index is 0.136. The number of nitrogens with zero attached hydrogens (tertiary/aromatic N) is 4. The van der Waals surface area contributed by atoms with Gasteiger partial charge in [0.2, 0.25) is 0 Å². The van der Waals surface area contributed by atoms with Gasteiger partial charge < -0.3 is 4.90 Å². The molecule has 0 radical (unpaired) electrons. The first-order valence-electron chi connectivity index (χ1n) is 9.08. The van der Waals surface area contributed by atoms with E-state index >= 15 is 0 Å². The Hall–Kier alpha value is -2.58. The van der Waals surface area contributed by atoms with Crippen LogP contribution in [-0.2, 0) is 9.84 Å². The molecule has 3 heterocycles. The van der Waals surface area contributed by atoms with Crippen molar-refractivity contribution in [1.29, 1.82) is 0 Å². The summed E-state index contributed by atoms with van der Waals surface area (Å²) in [6, 6.07) is 13.3. The van der Waals surface area contributed by atoms with E-state index in [-0.39, 0.29) is 10.9 Å². The van der Waals surface area contributed by atoms with Crippen molar-refractivity contribution in [3.63, 3.8) is 0 Å². The molecule has 1 saturated heterocycles. The molecule has 2 aromatic carbocycles. The first-order chi connectivity index (χ1) is 13.5. The minimum atomic E-state index is -3.30. The molecular formula is C20H18N4O2S2. The Labute approximate surface area is 166 Å². The first kappa shape index (κ1) is 17.5. The third-order valence-electron chi connectivity index (χ3n) is 5.13. The van der Waals surface area contributed by atoms with Crippen LogP contribution in [0.25, 0.3) is 21.1 Å². The number of fused-ring (bicyclic) bond motifs is 2. The lowest BCUT2D eigenvalue weighted by atomic mass is 10.2. The lowest BCUT2D eigenvalue weighted by Crippen LogP contribution is -2.23. The van der Waals surface area contributed by atoms with E-state index < -0.39 is 9.84 Å². The van der Waals surface area contributed by atoms with Gasteiger partial charge >= 0.3 is 0 Å². The van der Waals surface area contributed by atoms with Crippen molar-refractivity contribution in [1.82, 2.24) is 15.0 Å². The number of hydrogen-bond donors (Lipinski definition) is 0. The van der Waals surface area contributed by atoms with Crippen molar-refractivity contribution >= 4 is 48.1 Å². The highest BCUT2D eigenvalue weighted by Crippen LogP contribution is 2.40. The maximum atomic E-state index is 12.0. The molecule has 1 fully saturated rings. The minimum Gasteiger partial charge on any atom is -0.347 e. The second kappa shape index (κ2) is 6.49. The fourth-order valence-electron chi connectivity index (χ4n) is 3.79. The lowest BCUT2D eigenvalue weighted by Gasteiger charge is -2.25. The van der Waals surface area contributed by atoms with Crippen LogP contribution in [0.5, 0.6) is 0 Å². The van der Waals surface area contributed by atoms with Crippen LogP contribution < -0.4 is 4.90 Å². The van der Waals surface area contributed by atoms with Crippen molar-refractivity contribution in [2.75, 3.05) is 17.7 Å². The fraction of sp³-hybridized carbons (Fsp3) is 0.250. The topological polar surface area (TPSA) is 76.1 Å². The van der Waals surface area contributed by atoms with Gasteiger partial charge in [0.1, 0.15) is 17.2 Å². The second-order valence-electron chi connectivity index (χ2n) is 7.02. The van der Waals surface area contributed by atoms with Crippen LogP contribution in [0.15, 0.2) is 53.7 Å². The van der Waals surface area contributed by atoms with Gasteiger partial charge in [-0.1, -0.05) is 12.1 Å². The Balaban J connectivity index is 1.63. The summed E-state index contributed by atoms with van der Waals surface area (Å²) in [5.41, 5.74) is 1.76. The van der Waals surface area contributed by atoms with Gasteiger partial charge in [0.25, 0.3) is 0 Å². The zero-order valence-electron chi connectivity index (χ0n) is 15.2. The number of hydrogen-bond acceptors (Lipinski definition) is 7. The molecule has 0 bridgehead atoms. The lowest BCUT2D eigenvalue weighted by molar-refractivity contribution is 0.602. The smallest absolute Gasteiger partial charge is 0.175 e. The predicted octanol–water partition coefficient (Wildman–Crippen LogP) is 3.98. The summed E-state index contributed by atoms with van der Waals surface area (Å²) in [6.45, 7) is 0.857. The van der Waals surface area contributed by atoms with Gasteiger partial charge in [0.05, 0.1) is 26.7 Å². The highest BCUT2D eigenvalue weighted by atomic mass is 32.2. The molecule has 6 nitrogen and oxygen atoms in total. The summed E-state index contributed by atoms with van der Waals surface area (Å²) in [5, 5.41) is 1.84. The van der Waals surface area contributed by atoms with E-state index in [9.17, 15) is 8.42 Å². The van der Waals surface area contributed by atoms with E-state index in [1.165, 1.54) is 11.0 Å². The summed E-state index contributed by atoms with van der Waals surface area (Å²) in [5.74, 6) is 0.775. The summed E-state index contributed by atoms with van der Waals surface area (Å²) >= 11 is 1.71. The zero-order valence-corrected chi connectivity index (χ0v) is 16.9. The SMILES string of the molecule is CS(=O)(=O)c1ccc2ncnc(N3CCCC3c3nc4ccccc4s3)c2c1. The Morgan fingerprint density at radius 3 is 2.79 bits per heavy atom. The third-order valence-corrected chi connectivity index (χ3v) is 7.38. The fourth-order valence-corrected chi connectivity index (χ4v) is 5.55. The molecule has 28 heavy (non-hydrogen) atoms. The van der Waals surface area contributed by atoms with Gasteiger partial charge in [-0.15, -0.1) is 11.3 Å². The Morgan fingerprint density at radius 1 is 1.11 bits per heavy atom. The van der Waals surface area contributed by atoms with Gasteiger partial charge in [-0.3, -0.25) is 0 Å². The molecule has 0 saturated carbocycles. The average Bonchev–Trinajstić information content (AvgIpc) is 3.32. The summed E-state index contributed by atoms with van der Waals surface area (Å²) in [4.78, 5) is 16.2. The molecule has 5 rings (SSSR count). The number of thiazole rings is 1. The van der Waals surface area contributed by atoms with E-state index in [2.05, 4.69) is 20.9 Å². The van der Waals surface area contributed by atoms with E-state index in [0.717, 1.165) is 46.6 Å². The van der Waals surface area contributed by atoms with Crippen LogP contribution in [0.2, 0.25) is 0 Å². The van der Waals surface area contributed by atoms with Crippen molar-refractivity contribution in [3.8, 4) is 0 Å². The highest BCUT2D eigenvalue weighted by molar-refractivity contribution is 7.90. The second-order valence-corrected chi connectivity index (χ2v) is 10.1. The standard InChI is InChI=1S/C20H18N4O2S2/c1-28(25,26)13-8-9-15-14(11-13)19(22-12-21-15)24-10-4-6-17(24)20-23-16-5-2-3-7-18(16)27-20/h2-3,5,7-9,11-12,17H,4,6,10H2,1H3. The molecular weight excluding hydrogens is 392 g/mol. The van der Waals surface area contributed by atoms with Gasteiger partial charge in [0, 0.05) is 18.2 Å². The van der Waals surface area contributed by atoms with Crippen LogP contribution in [0.4, 0.5) is 5.82 Å². The highest BCUT2D eigenvalue weighted by Gasteiger charge is 2.31. The largest absolute Gasteiger partial charge is 0.347 e. The molecule has 4 aromatic rings. The summed E-state index contributed by atoms with van der Waals surface area (Å²) in [7, 11) is -3.30. The van der Waals surface area contributed by atoms with Crippen LogP contribution in [0.1, 0.15) is 23.9 Å². The summed E-state index contributed by atoms with van der Waals surface area (Å²) < 4.78 is 25.2. The third kappa shape index (κ3) is 2.93. The molecule has 8 heteroatoms. The normalized spacial score (nSPS) is 17.6. The van der Waals surface area contributed by atoms with Crippen LogP contribution >= 0.6 is 11.3 Å².